The largest absolute Gasteiger partial charge is 0.288 e. The molecule has 25 heavy (non-hydrogen) atoms. The summed E-state index contributed by atoms with van der Waals surface area (Å²) in [7, 11) is 0. The van der Waals surface area contributed by atoms with E-state index in [1.54, 1.807) is 6.07 Å². The van der Waals surface area contributed by atoms with Gasteiger partial charge in [-0.25, -0.2) is 4.98 Å². The van der Waals surface area contributed by atoms with Gasteiger partial charge in [0.1, 0.15) is 5.69 Å². The number of hydrogen-bond acceptors (Lipinski definition) is 3. The van der Waals surface area contributed by atoms with Gasteiger partial charge < -0.3 is 0 Å². The molecule has 2 amide bonds. The van der Waals surface area contributed by atoms with Crippen molar-refractivity contribution < 1.29 is 9.59 Å². The van der Waals surface area contributed by atoms with Crippen molar-refractivity contribution in [3.63, 3.8) is 0 Å². The fourth-order valence-electron chi connectivity index (χ4n) is 3.30. The molecular weight excluding hydrogens is 314 g/mol. The first kappa shape index (κ1) is 17.1. The second-order valence-electron chi connectivity index (χ2n) is 7.40. The maximum absolute atomic E-state index is 12.4. The van der Waals surface area contributed by atoms with Crippen LogP contribution < -0.4 is 10.9 Å². The molecule has 5 nitrogen and oxygen atoms in total. The molecule has 130 valence electrons. The topological polar surface area (TPSA) is 71.1 Å². The van der Waals surface area contributed by atoms with E-state index in [1.165, 1.54) is 5.57 Å². The first-order valence-corrected chi connectivity index (χ1v) is 8.41. The Hall–Kier alpha value is -2.69. The van der Waals surface area contributed by atoms with Crippen LogP contribution in [0.3, 0.4) is 0 Å². The number of hydrogen-bond donors (Lipinski definition) is 2. The number of aromatic nitrogens is 1. The van der Waals surface area contributed by atoms with Crippen LogP contribution in [0.15, 0.2) is 48.0 Å². The molecule has 0 bridgehead atoms. The smallest absolute Gasteiger partial charge is 0.273 e. The molecule has 1 saturated carbocycles. The van der Waals surface area contributed by atoms with Gasteiger partial charge in [0.2, 0.25) is 5.91 Å². The highest BCUT2D eigenvalue weighted by atomic mass is 16.2. The predicted molar refractivity (Wildman–Crippen MR) is 97.5 cm³/mol. The van der Waals surface area contributed by atoms with Crippen LogP contribution in [0.5, 0.6) is 0 Å². The summed E-state index contributed by atoms with van der Waals surface area (Å²) >= 11 is 0. The van der Waals surface area contributed by atoms with E-state index in [0.29, 0.717) is 0 Å². The SMILES string of the molecule is CC(C)=C[C@@H]1[C@@H](C(=O)NNC(=O)c2ccc3ccccc3n2)C1(C)C. The first-order valence-electron chi connectivity index (χ1n) is 8.41. The Morgan fingerprint density at radius 1 is 1.08 bits per heavy atom. The number of benzene rings is 1. The minimum Gasteiger partial charge on any atom is -0.273 e. The number of carbonyl (C=O) groups is 2. The Labute approximate surface area is 147 Å². The van der Waals surface area contributed by atoms with Crippen LogP contribution in [-0.4, -0.2) is 16.8 Å². The minimum atomic E-state index is -0.420. The van der Waals surface area contributed by atoms with E-state index in [-0.39, 0.29) is 28.9 Å². The zero-order chi connectivity index (χ0) is 18.2. The number of rotatable bonds is 3. The molecule has 1 heterocycles. The van der Waals surface area contributed by atoms with Crippen molar-refractivity contribution in [3.05, 3.63) is 53.7 Å². The number of allylic oxidation sites excluding steroid dienone is 2. The van der Waals surface area contributed by atoms with Gasteiger partial charge in [-0.1, -0.05) is 49.8 Å². The lowest BCUT2D eigenvalue weighted by Crippen LogP contribution is -2.43. The van der Waals surface area contributed by atoms with Gasteiger partial charge >= 0.3 is 0 Å². The third-order valence-electron chi connectivity index (χ3n) is 4.84. The molecule has 1 fully saturated rings. The van der Waals surface area contributed by atoms with Gasteiger partial charge in [0, 0.05) is 5.39 Å². The average Bonchev–Trinajstić information content (AvgIpc) is 3.11. The molecule has 0 spiro atoms. The molecule has 1 aromatic heterocycles. The molecule has 3 rings (SSSR count). The van der Waals surface area contributed by atoms with E-state index in [0.717, 1.165) is 10.9 Å². The number of hydrazine groups is 1. The lowest BCUT2D eigenvalue weighted by molar-refractivity contribution is -0.123. The number of fused-ring (bicyclic) bond motifs is 1. The van der Waals surface area contributed by atoms with Crippen molar-refractivity contribution >= 4 is 22.7 Å². The van der Waals surface area contributed by atoms with E-state index in [2.05, 4.69) is 35.8 Å². The Morgan fingerprint density at radius 3 is 2.52 bits per heavy atom. The van der Waals surface area contributed by atoms with Crippen LogP contribution in [0, 0.1) is 17.3 Å². The van der Waals surface area contributed by atoms with Gasteiger partial charge in [-0.05, 0) is 37.3 Å². The second-order valence-corrected chi connectivity index (χ2v) is 7.40. The third kappa shape index (κ3) is 3.40. The van der Waals surface area contributed by atoms with Crippen LogP contribution in [0.25, 0.3) is 10.9 Å². The summed E-state index contributed by atoms with van der Waals surface area (Å²) in [6, 6.07) is 11.1. The summed E-state index contributed by atoms with van der Waals surface area (Å²) in [4.78, 5) is 29.0. The Balaban J connectivity index is 1.64. The molecule has 2 aromatic rings. The van der Waals surface area contributed by atoms with Crippen LogP contribution in [0.2, 0.25) is 0 Å². The van der Waals surface area contributed by atoms with Gasteiger partial charge in [0.25, 0.3) is 5.91 Å². The Bertz CT molecular complexity index is 866. The molecule has 1 aromatic carbocycles. The normalized spacial score (nSPS) is 20.6. The molecule has 2 N–H and O–H groups in total. The van der Waals surface area contributed by atoms with Crippen LogP contribution in [-0.2, 0) is 4.79 Å². The first-order chi connectivity index (χ1) is 11.8. The summed E-state index contributed by atoms with van der Waals surface area (Å²) in [5, 5.41) is 0.965. The maximum Gasteiger partial charge on any atom is 0.288 e. The summed E-state index contributed by atoms with van der Waals surface area (Å²) < 4.78 is 0. The highest BCUT2D eigenvalue weighted by Crippen LogP contribution is 2.59. The number of amides is 2. The number of nitrogens with zero attached hydrogens (tertiary/aromatic N) is 1. The van der Waals surface area contributed by atoms with E-state index in [4.69, 9.17) is 0 Å². The lowest BCUT2D eigenvalue weighted by Gasteiger charge is -2.08. The lowest BCUT2D eigenvalue weighted by atomic mass is 10.1. The monoisotopic (exact) mass is 337 g/mol. The highest BCUT2D eigenvalue weighted by molar-refractivity contribution is 5.96. The average molecular weight is 337 g/mol. The van der Waals surface area contributed by atoms with E-state index in [9.17, 15) is 9.59 Å². The molecule has 0 aliphatic heterocycles. The van der Waals surface area contributed by atoms with Crippen molar-refractivity contribution in [2.75, 3.05) is 0 Å². The van der Waals surface area contributed by atoms with Crippen molar-refractivity contribution in [3.8, 4) is 0 Å². The van der Waals surface area contributed by atoms with Crippen LogP contribution in [0.4, 0.5) is 0 Å². The van der Waals surface area contributed by atoms with E-state index in [1.807, 2.05) is 44.2 Å². The minimum absolute atomic E-state index is 0.0900. The highest BCUT2D eigenvalue weighted by Gasteiger charge is 2.60. The molecular formula is C20H23N3O2. The zero-order valence-electron chi connectivity index (χ0n) is 15.0. The van der Waals surface area contributed by atoms with Crippen LogP contribution >= 0.6 is 0 Å². The Kier molecular flexibility index (Phi) is 4.33. The van der Waals surface area contributed by atoms with E-state index >= 15 is 0 Å². The van der Waals surface area contributed by atoms with Gasteiger partial charge in [-0.2, -0.15) is 0 Å². The summed E-state index contributed by atoms with van der Waals surface area (Å²) in [5.74, 6) is -0.515. The summed E-state index contributed by atoms with van der Waals surface area (Å²) in [6.07, 6.45) is 2.12. The molecule has 0 unspecified atom stereocenters. The molecule has 0 saturated heterocycles. The number of pyridine rings is 1. The van der Waals surface area contributed by atoms with Gasteiger partial charge in [-0.3, -0.25) is 20.4 Å². The number of nitrogens with one attached hydrogen (secondary N) is 2. The second kappa shape index (κ2) is 6.31. The quantitative estimate of drug-likeness (QED) is 0.667. The third-order valence-corrected chi connectivity index (χ3v) is 4.84. The Morgan fingerprint density at radius 2 is 1.80 bits per heavy atom. The molecule has 1 aliphatic carbocycles. The summed E-state index contributed by atoms with van der Waals surface area (Å²) in [6.45, 7) is 8.18. The molecule has 2 atom stereocenters. The van der Waals surface area contributed by atoms with Gasteiger partial charge in [-0.15, -0.1) is 0 Å². The predicted octanol–water partition coefficient (Wildman–Crippen LogP) is 3.23. The molecule has 0 radical (unpaired) electrons. The van der Waals surface area contributed by atoms with Crippen LogP contribution in [0.1, 0.15) is 38.2 Å². The maximum atomic E-state index is 12.4. The molecule has 5 heteroatoms. The van der Waals surface area contributed by atoms with Crippen molar-refractivity contribution in [2.24, 2.45) is 17.3 Å². The number of para-hydroxylation sites is 1. The van der Waals surface area contributed by atoms with Gasteiger partial charge in [0.15, 0.2) is 0 Å². The summed E-state index contributed by atoms with van der Waals surface area (Å²) in [5.41, 5.74) is 7.14. The van der Waals surface area contributed by atoms with Crippen molar-refractivity contribution in [1.82, 2.24) is 15.8 Å². The standard InChI is InChI=1S/C20H23N3O2/c1-12(2)11-14-17(20(14,3)4)19(25)23-22-18(24)16-10-9-13-7-5-6-8-15(13)21-16/h5-11,14,17H,1-4H3,(H,22,24)(H,23,25)/t14-,17+/m1/s1. The van der Waals surface area contributed by atoms with Gasteiger partial charge in [0.05, 0.1) is 11.4 Å². The number of carbonyl (C=O) groups excluding carboxylic acids is 2. The van der Waals surface area contributed by atoms with Crippen molar-refractivity contribution in [2.45, 2.75) is 27.7 Å². The fraction of sp³-hybridized carbons (Fsp3) is 0.350. The van der Waals surface area contributed by atoms with Crippen molar-refractivity contribution in [1.29, 1.82) is 0 Å². The zero-order valence-corrected chi connectivity index (χ0v) is 15.0. The fourth-order valence-corrected chi connectivity index (χ4v) is 3.30. The van der Waals surface area contributed by atoms with E-state index < -0.39 is 5.91 Å². The molecule has 1 aliphatic rings.